The van der Waals surface area contributed by atoms with Crippen molar-refractivity contribution in [2.75, 3.05) is 0 Å². The second-order valence-corrected chi connectivity index (χ2v) is 28.2. The summed E-state index contributed by atoms with van der Waals surface area (Å²) in [7, 11) is 0. The van der Waals surface area contributed by atoms with Gasteiger partial charge in [-0.25, -0.2) is 0 Å². The second kappa shape index (κ2) is 45.9. The Morgan fingerprint density at radius 3 is 0.805 bits per heavy atom. The van der Waals surface area contributed by atoms with Crippen molar-refractivity contribution in [1.82, 2.24) is 0 Å². The van der Waals surface area contributed by atoms with Gasteiger partial charge in [0.2, 0.25) is 0 Å². The van der Waals surface area contributed by atoms with E-state index >= 15 is 0 Å². The summed E-state index contributed by atoms with van der Waals surface area (Å²) in [6, 6.07) is 152. The van der Waals surface area contributed by atoms with E-state index in [2.05, 4.69) is 397 Å². The normalized spacial score (nSPS) is 10.1. The quantitative estimate of drug-likeness (QED) is 0.133. The van der Waals surface area contributed by atoms with Crippen molar-refractivity contribution in [3.05, 3.63) is 504 Å². The molecule has 0 saturated heterocycles. The SMILES string of the molecule is CC.Cc1cc2ccccc2c2ccccc12.Cc1ccc2c3ccccc3c3ccccc3c2c1.Cc1ccc2ccccc2c1.Cc1cccc2ccccc12.Cc1ccccc1.Cc1ccccc1.Cc1ccccc1.Cc1ccccc1.Cc1ccccc1.Cc1ccccc1.c1ccc2c(c1)Cc1ccccc1-2. The van der Waals surface area contributed by atoms with E-state index in [-0.39, 0.29) is 0 Å². The van der Waals surface area contributed by atoms with Crippen molar-refractivity contribution in [1.29, 1.82) is 0 Å². The molecule has 0 aliphatic heterocycles. The zero-order valence-electron chi connectivity index (χ0n) is 68.3. The highest BCUT2D eigenvalue weighted by Crippen LogP contribution is 2.37. The van der Waals surface area contributed by atoms with Crippen molar-refractivity contribution >= 4 is 75.4 Å². The molecule has 20 rings (SSSR count). The molecule has 0 saturated carbocycles. The molecule has 0 radical (unpaired) electrons. The average Bonchev–Trinajstić information content (AvgIpc) is 1.43. The Bertz CT molecular complexity index is 5560. The minimum atomic E-state index is 1.10. The Labute approximate surface area is 675 Å². The number of aryl methyl sites for hydroxylation is 10. The number of hydrogen-bond acceptors (Lipinski definition) is 0. The van der Waals surface area contributed by atoms with E-state index in [1.165, 1.54) is 153 Å². The van der Waals surface area contributed by atoms with Gasteiger partial charge in [-0.3, -0.25) is 0 Å². The molecule has 19 aromatic carbocycles. The smallest absolute Gasteiger partial charge is 0.00135 e. The molecule has 0 heteroatoms. The van der Waals surface area contributed by atoms with Gasteiger partial charge in [-0.15, -0.1) is 0 Å². The third kappa shape index (κ3) is 26.6. The molecule has 113 heavy (non-hydrogen) atoms. The van der Waals surface area contributed by atoms with Crippen LogP contribution in [-0.4, -0.2) is 0 Å². The Balaban J connectivity index is 0.000000145. The van der Waals surface area contributed by atoms with Gasteiger partial charge in [-0.05, 0) is 184 Å². The second-order valence-electron chi connectivity index (χ2n) is 28.2. The van der Waals surface area contributed by atoms with E-state index < -0.39 is 0 Å². The monoisotopic (exact) mass is 1470 g/mol. The number of benzene rings is 19. The molecule has 19 aromatic rings. The van der Waals surface area contributed by atoms with Gasteiger partial charge in [-0.1, -0.05) is 495 Å². The lowest BCUT2D eigenvalue weighted by Gasteiger charge is -2.10. The van der Waals surface area contributed by atoms with E-state index in [0.717, 1.165) is 6.42 Å². The van der Waals surface area contributed by atoms with Crippen LogP contribution in [0.25, 0.3) is 86.5 Å². The Hall–Kier alpha value is -13.0. The van der Waals surface area contributed by atoms with Gasteiger partial charge in [-0.2, -0.15) is 0 Å². The molecule has 1 aliphatic rings. The Kier molecular flexibility index (Phi) is 34.1. The molecule has 0 aromatic heterocycles. The zero-order valence-corrected chi connectivity index (χ0v) is 68.3. The fraction of sp³-hybridized carbons (Fsp3) is 0.115. The molecule has 0 amide bonds. The zero-order chi connectivity index (χ0) is 79.8. The van der Waals surface area contributed by atoms with Gasteiger partial charge in [0, 0.05) is 0 Å². The first-order valence-electron chi connectivity index (χ1n) is 39.6. The summed E-state index contributed by atoms with van der Waals surface area (Å²) >= 11 is 0. The molecule has 0 spiro atoms. The first-order chi connectivity index (χ1) is 55.3. The van der Waals surface area contributed by atoms with E-state index in [9.17, 15) is 0 Å². The van der Waals surface area contributed by atoms with Crippen LogP contribution < -0.4 is 0 Å². The van der Waals surface area contributed by atoms with E-state index in [1.54, 1.807) is 0 Å². The molecular formula is C113H110. The maximum Gasteiger partial charge on any atom is -0.00135 e. The molecule has 0 heterocycles. The van der Waals surface area contributed by atoms with Crippen LogP contribution in [0, 0.1) is 69.2 Å². The summed E-state index contributed by atoms with van der Waals surface area (Å²) in [6.07, 6.45) is 1.10. The van der Waals surface area contributed by atoms with Crippen LogP contribution in [0.15, 0.2) is 437 Å². The average molecular weight is 1470 g/mol. The third-order valence-corrected chi connectivity index (χ3v) is 19.1. The van der Waals surface area contributed by atoms with Gasteiger partial charge in [0.15, 0.2) is 0 Å². The van der Waals surface area contributed by atoms with Crippen LogP contribution in [0.4, 0.5) is 0 Å². The van der Waals surface area contributed by atoms with Gasteiger partial charge in [0.05, 0.1) is 0 Å². The summed E-state index contributed by atoms with van der Waals surface area (Å²) in [6.45, 7) is 25.1. The molecule has 0 unspecified atom stereocenters. The lowest BCUT2D eigenvalue weighted by molar-refractivity contribution is 1.26. The van der Waals surface area contributed by atoms with E-state index in [1.807, 2.05) is 123 Å². The maximum absolute atomic E-state index is 2.30. The highest BCUT2D eigenvalue weighted by atomic mass is 14.2. The summed E-state index contributed by atoms with van der Waals surface area (Å²) < 4.78 is 0. The molecule has 0 fully saturated rings. The van der Waals surface area contributed by atoms with Gasteiger partial charge in [0.25, 0.3) is 0 Å². The van der Waals surface area contributed by atoms with Gasteiger partial charge in [0.1, 0.15) is 0 Å². The predicted octanol–water partition coefficient (Wildman–Crippen LogP) is 32.3. The van der Waals surface area contributed by atoms with Crippen LogP contribution >= 0.6 is 0 Å². The topological polar surface area (TPSA) is 0 Å². The highest BCUT2D eigenvalue weighted by molar-refractivity contribution is 6.25. The highest BCUT2D eigenvalue weighted by Gasteiger charge is 2.16. The first-order valence-corrected chi connectivity index (χ1v) is 39.6. The minimum absolute atomic E-state index is 1.10. The van der Waals surface area contributed by atoms with Crippen molar-refractivity contribution in [2.24, 2.45) is 0 Å². The molecule has 0 bridgehead atoms. The Morgan fingerprint density at radius 1 is 0.142 bits per heavy atom. The molecule has 0 nitrogen and oxygen atoms in total. The predicted molar refractivity (Wildman–Crippen MR) is 500 cm³/mol. The van der Waals surface area contributed by atoms with Crippen LogP contribution in [0.3, 0.4) is 0 Å². The fourth-order valence-corrected chi connectivity index (χ4v) is 13.2. The summed E-state index contributed by atoms with van der Waals surface area (Å²) in [4.78, 5) is 0. The number of fused-ring (bicyclic) bond motifs is 14. The van der Waals surface area contributed by atoms with Crippen LogP contribution in [0.5, 0.6) is 0 Å². The molecule has 0 N–H and O–H groups in total. The lowest BCUT2D eigenvalue weighted by atomic mass is 9.93. The summed E-state index contributed by atoms with van der Waals surface area (Å²) in [5, 5.41) is 18.8. The minimum Gasteiger partial charge on any atom is -0.0683 e. The summed E-state index contributed by atoms with van der Waals surface area (Å²) in [5.74, 6) is 0. The van der Waals surface area contributed by atoms with Gasteiger partial charge < -0.3 is 0 Å². The Morgan fingerprint density at radius 2 is 0.416 bits per heavy atom. The van der Waals surface area contributed by atoms with Crippen molar-refractivity contribution < 1.29 is 0 Å². The van der Waals surface area contributed by atoms with Crippen molar-refractivity contribution in [2.45, 2.75) is 89.5 Å². The fourth-order valence-electron chi connectivity index (χ4n) is 13.2. The van der Waals surface area contributed by atoms with Crippen molar-refractivity contribution in [3.8, 4) is 11.1 Å². The van der Waals surface area contributed by atoms with E-state index in [4.69, 9.17) is 0 Å². The number of rotatable bonds is 0. The standard InChI is InChI=1S/C19H14.C15H12.C13H10.2C11H10.6C7H8.C2H6/c1-13-10-11-18-16-8-3-2-6-14(16)15-7-4-5-9-17(15)19(18)12-13;1-11-10-12-6-2-3-8-14(12)15-9-5-4-7-13(11)15;1-3-7-12-10(5-1)9-11-6-2-4-8-13(11)12;1-9-5-4-7-10-6-2-3-8-11(9)10;1-9-6-7-10-4-2-3-5-11(10)8-9;6*1-7-5-3-2-4-6-7;1-2/h2-12H,1H3;2-10H,1H3;1-8H,9H2;2*2-8H,1H3;6*2-6H,1H3;1-2H3. The van der Waals surface area contributed by atoms with Gasteiger partial charge >= 0.3 is 0 Å². The summed E-state index contributed by atoms with van der Waals surface area (Å²) in [5.41, 5.74) is 19.0. The molecular weight excluding hydrogens is 1360 g/mol. The maximum atomic E-state index is 2.30. The largest absolute Gasteiger partial charge is 0.0683 e. The van der Waals surface area contributed by atoms with Crippen molar-refractivity contribution in [3.63, 3.8) is 0 Å². The molecule has 1 aliphatic carbocycles. The van der Waals surface area contributed by atoms with Crippen LogP contribution in [0.2, 0.25) is 0 Å². The lowest BCUT2D eigenvalue weighted by Crippen LogP contribution is -1.83. The van der Waals surface area contributed by atoms with Crippen LogP contribution in [-0.2, 0) is 6.42 Å². The molecule has 562 valence electrons. The number of hydrogen-bond donors (Lipinski definition) is 0. The third-order valence-electron chi connectivity index (χ3n) is 19.1. The molecule has 0 atom stereocenters. The first kappa shape index (κ1) is 84.0. The van der Waals surface area contributed by atoms with E-state index in [0.29, 0.717) is 0 Å². The van der Waals surface area contributed by atoms with Crippen LogP contribution in [0.1, 0.15) is 80.6 Å².